The first kappa shape index (κ1) is 12.9. The maximum atomic E-state index is 12.6. The Morgan fingerprint density at radius 1 is 0.739 bits per heavy atom. The third-order valence-corrected chi connectivity index (χ3v) is 4.64. The molecule has 23 heavy (non-hydrogen) atoms. The van der Waals surface area contributed by atoms with Crippen LogP contribution in [0.5, 0.6) is 0 Å². The Morgan fingerprint density at radius 3 is 2.39 bits per heavy atom. The summed E-state index contributed by atoms with van der Waals surface area (Å²) in [5.41, 5.74) is 2.56. The first-order chi connectivity index (χ1) is 11.2. The van der Waals surface area contributed by atoms with Crippen LogP contribution in [0.1, 0.15) is 0 Å². The maximum Gasteiger partial charge on any atom is 0.194 e. The van der Waals surface area contributed by atoms with Gasteiger partial charge in [-0.2, -0.15) is 0 Å². The van der Waals surface area contributed by atoms with Crippen molar-refractivity contribution in [2.45, 2.75) is 0 Å². The molecule has 0 saturated heterocycles. The SMILES string of the molecule is O=c1c2ccccc2c2c1ccc1oc3ccc(Br)cc3oc12. The van der Waals surface area contributed by atoms with E-state index in [-0.39, 0.29) is 5.43 Å². The van der Waals surface area contributed by atoms with E-state index in [4.69, 9.17) is 8.83 Å². The summed E-state index contributed by atoms with van der Waals surface area (Å²) in [7, 11) is 0. The van der Waals surface area contributed by atoms with Crippen molar-refractivity contribution >= 4 is 59.8 Å². The van der Waals surface area contributed by atoms with Crippen LogP contribution in [-0.4, -0.2) is 0 Å². The fourth-order valence-electron chi connectivity index (χ4n) is 3.12. The van der Waals surface area contributed by atoms with Crippen LogP contribution in [0.3, 0.4) is 0 Å². The molecule has 5 rings (SSSR count). The number of benzene rings is 3. The highest BCUT2D eigenvalue weighted by Crippen LogP contribution is 2.34. The largest absolute Gasteiger partial charge is 0.449 e. The second-order valence-corrected chi connectivity index (χ2v) is 6.40. The summed E-state index contributed by atoms with van der Waals surface area (Å²) in [6.45, 7) is 0. The summed E-state index contributed by atoms with van der Waals surface area (Å²) in [6, 6.07) is 16.8. The quantitative estimate of drug-likeness (QED) is 0.335. The number of halogens is 1. The number of hydrogen-bond acceptors (Lipinski definition) is 3. The summed E-state index contributed by atoms with van der Waals surface area (Å²) in [6.07, 6.45) is 0. The molecule has 0 saturated carbocycles. The van der Waals surface area contributed by atoms with E-state index < -0.39 is 0 Å². The van der Waals surface area contributed by atoms with Gasteiger partial charge in [-0.05, 0) is 35.7 Å². The molecule has 1 heterocycles. The second kappa shape index (κ2) is 4.46. The van der Waals surface area contributed by atoms with E-state index in [9.17, 15) is 4.79 Å². The minimum atomic E-state index is 0.0297. The van der Waals surface area contributed by atoms with Crippen LogP contribution in [-0.2, 0) is 0 Å². The molecule has 0 aliphatic rings. The van der Waals surface area contributed by atoms with E-state index in [2.05, 4.69) is 15.9 Å². The predicted molar refractivity (Wildman–Crippen MR) is 95.0 cm³/mol. The molecule has 0 N–H and O–H groups in total. The van der Waals surface area contributed by atoms with Crippen molar-refractivity contribution in [3.63, 3.8) is 0 Å². The second-order valence-electron chi connectivity index (χ2n) is 5.49. The zero-order valence-electron chi connectivity index (χ0n) is 11.8. The Balaban J connectivity index is 2.10. The average Bonchev–Trinajstić information content (AvgIpc) is 2.87. The van der Waals surface area contributed by atoms with Crippen LogP contribution < -0.4 is 5.43 Å². The van der Waals surface area contributed by atoms with Crippen molar-refractivity contribution in [1.29, 1.82) is 0 Å². The lowest BCUT2D eigenvalue weighted by Gasteiger charge is -2.03. The van der Waals surface area contributed by atoms with Crippen LogP contribution in [0.2, 0.25) is 0 Å². The summed E-state index contributed by atoms with van der Waals surface area (Å²) in [5, 5.41) is 3.08. The molecule has 1 aromatic heterocycles. The monoisotopic (exact) mass is 364 g/mol. The minimum Gasteiger partial charge on any atom is -0.449 e. The van der Waals surface area contributed by atoms with Gasteiger partial charge in [-0.3, -0.25) is 4.79 Å². The molecule has 0 radical (unpaired) electrons. The summed E-state index contributed by atoms with van der Waals surface area (Å²) >= 11 is 3.44. The van der Waals surface area contributed by atoms with Gasteiger partial charge in [0.25, 0.3) is 0 Å². The lowest BCUT2D eigenvalue weighted by atomic mass is 10.1. The molecule has 4 heteroatoms. The zero-order valence-corrected chi connectivity index (χ0v) is 13.4. The van der Waals surface area contributed by atoms with Crippen molar-refractivity contribution in [1.82, 2.24) is 0 Å². The highest BCUT2D eigenvalue weighted by atomic mass is 79.9. The Morgan fingerprint density at radius 2 is 1.52 bits per heavy atom. The standard InChI is InChI=1S/C19H9BrO3/c20-10-5-7-14-16(9-10)23-19-15(22-14)8-6-13-17(19)11-3-1-2-4-12(11)18(13)21/h1-9H. The van der Waals surface area contributed by atoms with Crippen molar-refractivity contribution in [3.8, 4) is 0 Å². The van der Waals surface area contributed by atoms with Gasteiger partial charge in [0, 0.05) is 20.6 Å². The van der Waals surface area contributed by atoms with Crippen molar-refractivity contribution < 1.29 is 8.83 Å². The molecule has 3 nitrogen and oxygen atoms in total. The lowest BCUT2D eigenvalue weighted by molar-refractivity contribution is 0.584. The molecule has 110 valence electrons. The van der Waals surface area contributed by atoms with Crippen molar-refractivity contribution in [2.24, 2.45) is 0 Å². The summed E-state index contributed by atoms with van der Waals surface area (Å²) < 4.78 is 13.0. The van der Waals surface area contributed by atoms with Gasteiger partial charge in [0.1, 0.15) is 0 Å². The topological polar surface area (TPSA) is 43.4 Å². The van der Waals surface area contributed by atoms with E-state index in [0.717, 1.165) is 15.2 Å². The van der Waals surface area contributed by atoms with Crippen molar-refractivity contribution in [3.05, 3.63) is 69.3 Å². The molecule has 5 aromatic rings. The lowest BCUT2D eigenvalue weighted by Crippen LogP contribution is -1.92. The molecule has 0 spiro atoms. The highest BCUT2D eigenvalue weighted by molar-refractivity contribution is 9.10. The van der Waals surface area contributed by atoms with Crippen LogP contribution in [0, 0.1) is 0 Å². The molecule has 0 aliphatic heterocycles. The fourth-order valence-corrected chi connectivity index (χ4v) is 3.46. The average molecular weight is 365 g/mol. The van der Waals surface area contributed by atoms with Gasteiger partial charge >= 0.3 is 0 Å². The molecule has 0 atom stereocenters. The van der Waals surface area contributed by atoms with E-state index in [1.54, 1.807) is 6.07 Å². The smallest absolute Gasteiger partial charge is 0.194 e. The molecule has 0 fully saturated rings. The molecule has 4 aromatic carbocycles. The van der Waals surface area contributed by atoms with Crippen LogP contribution in [0.4, 0.5) is 0 Å². The van der Waals surface area contributed by atoms with Gasteiger partial charge in [-0.15, -0.1) is 0 Å². The predicted octanol–water partition coefficient (Wildman–Crippen LogP) is 5.61. The Kier molecular flexibility index (Phi) is 2.50. The van der Waals surface area contributed by atoms with Crippen LogP contribution in [0.15, 0.2) is 72.7 Å². The normalized spacial score (nSPS) is 11.9. The molecule has 0 amide bonds. The van der Waals surface area contributed by atoms with Gasteiger partial charge in [-0.1, -0.05) is 40.2 Å². The van der Waals surface area contributed by atoms with Crippen LogP contribution >= 0.6 is 15.9 Å². The minimum absolute atomic E-state index is 0.0297. The van der Waals surface area contributed by atoms with E-state index in [1.165, 1.54) is 0 Å². The molecule has 0 aliphatic carbocycles. The number of fused-ring (bicyclic) bond motifs is 6. The highest BCUT2D eigenvalue weighted by Gasteiger charge is 2.15. The van der Waals surface area contributed by atoms with Gasteiger partial charge < -0.3 is 8.83 Å². The molecular weight excluding hydrogens is 356 g/mol. The van der Waals surface area contributed by atoms with Gasteiger partial charge in [-0.25, -0.2) is 0 Å². The van der Waals surface area contributed by atoms with Gasteiger partial charge in [0.2, 0.25) is 0 Å². The Bertz CT molecular complexity index is 1290. The fraction of sp³-hybridized carbons (Fsp3) is 0. The van der Waals surface area contributed by atoms with Gasteiger partial charge in [0.15, 0.2) is 27.8 Å². The number of rotatable bonds is 0. The van der Waals surface area contributed by atoms with E-state index >= 15 is 0 Å². The van der Waals surface area contributed by atoms with E-state index in [1.807, 2.05) is 48.5 Å². The first-order valence-corrected chi connectivity index (χ1v) is 7.98. The van der Waals surface area contributed by atoms with Gasteiger partial charge in [0.05, 0.1) is 0 Å². The summed E-state index contributed by atoms with van der Waals surface area (Å²) in [4.78, 5) is 12.6. The van der Waals surface area contributed by atoms with Crippen molar-refractivity contribution in [2.75, 3.05) is 0 Å². The first-order valence-electron chi connectivity index (χ1n) is 7.19. The Hall–Kier alpha value is -2.59. The Labute approximate surface area is 138 Å². The third-order valence-electron chi connectivity index (χ3n) is 4.14. The molecule has 0 bridgehead atoms. The maximum absolute atomic E-state index is 12.6. The zero-order chi connectivity index (χ0) is 15.6. The summed E-state index contributed by atoms with van der Waals surface area (Å²) in [5.74, 6) is 0. The third kappa shape index (κ3) is 1.72. The number of hydrogen-bond donors (Lipinski definition) is 0. The molecule has 0 unspecified atom stereocenters. The molecular formula is C19H9BrO3. The van der Waals surface area contributed by atoms with E-state index in [0.29, 0.717) is 33.1 Å². The van der Waals surface area contributed by atoms with Crippen LogP contribution in [0.25, 0.3) is 43.9 Å².